The summed E-state index contributed by atoms with van der Waals surface area (Å²) >= 11 is 0. The van der Waals surface area contributed by atoms with Gasteiger partial charge in [-0.15, -0.1) is 0 Å². The number of para-hydroxylation sites is 1. The Labute approximate surface area is 129 Å². The molecule has 0 spiro atoms. The Bertz CT molecular complexity index is 743. The number of rotatable bonds is 5. The predicted molar refractivity (Wildman–Crippen MR) is 85.6 cm³/mol. The summed E-state index contributed by atoms with van der Waals surface area (Å²) in [7, 11) is -3.41. The molecule has 0 atom stereocenters. The van der Waals surface area contributed by atoms with Crippen LogP contribution in [0.15, 0.2) is 54.6 Å². The number of hydrazine groups is 1. The number of nitrogens with one attached hydrogen (secondary N) is 1. The van der Waals surface area contributed by atoms with Crippen molar-refractivity contribution in [3.63, 3.8) is 0 Å². The van der Waals surface area contributed by atoms with Gasteiger partial charge in [-0.25, -0.2) is 14.3 Å². The number of sulfonamides is 1. The summed E-state index contributed by atoms with van der Waals surface area (Å²) < 4.78 is 25.3. The first-order chi connectivity index (χ1) is 10.4. The monoisotopic (exact) mass is 319 g/mol. The maximum absolute atomic E-state index is 12.0. The van der Waals surface area contributed by atoms with Gasteiger partial charge in [0.1, 0.15) is 0 Å². The molecule has 6 nitrogen and oxygen atoms in total. The lowest BCUT2D eigenvalue weighted by Crippen LogP contribution is -2.30. The van der Waals surface area contributed by atoms with Crippen molar-refractivity contribution in [2.75, 3.05) is 10.6 Å². The maximum Gasteiger partial charge on any atom is 0.265 e. The number of nitrogens with zero attached hydrogens (tertiary/aromatic N) is 1. The first-order valence-corrected chi connectivity index (χ1v) is 8.39. The van der Waals surface area contributed by atoms with Crippen LogP contribution in [0.1, 0.15) is 15.9 Å². The first-order valence-electron chi connectivity index (χ1n) is 6.54. The van der Waals surface area contributed by atoms with Gasteiger partial charge < -0.3 is 0 Å². The first kappa shape index (κ1) is 16.0. The fourth-order valence-electron chi connectivity index (χ4n) is 2.00. The highest BCUT2D eigenvalue weighted by Crippen LogP contribution is 2.20. The lowest BCUT2D eigenvalue weighted by molar-refractivity contribution is 0.0953. The minimum absolute atomic E-state index is 0.188. The lowest BCUT2D eigenvalue weighted by Gasteiger charge is -2.22. The largest absolute Gasteiger partial charge is 0.290 e. The molecule has 1 amide bonds. The molecule has 3 N–H and O–H groups in total. The van der Waals surface area contributed by atoms with Gasteiger partial charge in [0.15, 0.2) is 0 Å². The van der Waals surface area contributed by atoms with Crippen molar-refractivity contribution in [1.29, 1.82) is 0 Å². The number of anilines is 1. The molecule has 2 aromatic rings. The second-order valence-electron chi connectivity index (χ2n) is 4.78. The van der Waals surface area contributed by atoms with E-state index in [1.807, 2.05) is 11.5 Å². The molecule has 0 aliphatic carbocycles. The number of carbonyl (C=O) groups is 1. The third kappa shape index (κ3) is 3.84. The van der Waals surface area contributed by atoms with E-state index in [0.717, 1.165) is 11.8 Å². The third-order valence-corrected chi connectivity index (χ3v) is 4.26. The smallest absolute Gasteiger partial charge is 0.265 e. The molecule has 7 heteroatoms. The van der Waals surface area contributed by atoms with Crippen molar-refractivity contribution in [3.05, 3.63) is 65.7 Å². The highest BCUT2D eigenvalue weighted by atomic mass is 32.2. The van der Waals surface area contributed by atoms with E-state index >= 15 is 0 Å². The van der Waals surface area contributed by atoms with Crippen molar-refractivity contribution >= 4 is 21.6 Å². The SMILES string of the molecule is CS(=O)(=O)N(Cc1ccc(C(=O)NN)cc1)c1ccccc1. The van der Waals surface area contributed by atoms with Crippen molar-refractivity contribution in [2.24, 2.45) is 5.84 Å². The number of hydrogen-bond acceptors (Lipinski definition) is 4. The quantitative estimate of drug-likeness (QED) is 0.493. The van der Waals surface area contributed by atoms with Crippen molar-refractivity contribution in [3.8, 4) is 0 Å². The van der Waals surface area contributed by atoms with Crippen LogP contribution in [0, 0.1) is 0 Å². The Morgan fingerprint density at radius 2 is 1.68 bits per heavy atom. The zero-order chi connectivity index (χ0) is 16.2. The molecule has 0 fully saturated rings. The van der Waals surface area contributed by atoms with Crippen molar-refractivity contribution < 1.29 is 13.2 Å². The molecule has 116 valence electrons. The van der Waals surface area contributed by atoms with Crippen LogP contribution >= 0.6 is 0 Å². The summed E-state index contributed by atoms with van der Waals surface area (Å²) in [6.07, 6.45) is 1.16. The van der Waals surface area contributed by atoms with Crippen molar-refractivity contribution in [2.45, 2.75) is 6.54 Å². The van der Waals surface area contributed by atoms with Crippen LogP contribution < -0.4 is 15.6 Å². The third-order valence-electron chi connectivity index (χ3n) is 3.12. The van der Waals surface area contributed by atoms with Crippen LogP contribution in [-0.4, -0.2) is 20.6 Å². The van der Waals surface area contributed by atoms with Gasteiger partial charge >= 0.3 is 0 Å². The zero-order valence-corrected chi connectivity index (χ0v) is 12.9. The topological polar surface area (TPSA) is 92.5 Å². The summed E-state index contributed by atoms with van der Waals surface area (Å²) in [5.74, 6) is 4.67. The Hall–Kier alpha value is -2.38. The fraction of sp³-hybridized carbons (Fsp3) is 0.133. The van der Waals surface area contributed by atoms with Gasteiger partial charge in [-0.2, -0.15) is 0 Å². The molecule has 2 aromatic carbocycles. The van der Waals surface area contributed by atoms with Crippen LogP contribution in [0.2, 0.25) is 0 Å². The minimum Gasteiger partial charge on any atom is -0.290 e. The Morgan fingerprint density at radius 3 is 2.18 bits per heavy atom. The fourth-order valence-corrected chi connectivity index (χ4v) is 2.89. The average Bonchev–Trinajstić information content (AvgIpc) is 2.52. The van der Waals surface area contributed by atoms with E-state index in [9.17, 15) is 13.2 Å². The van der Waals surface area contributed by atoms with E-state index in [1.165, 1.54) is 4.31 Å². The van der Waals surface area contributed by atoms with Crippen LogP contribution in [0.25, 0.3) is 0 Å². The highest BCUT2D eigenvalue weighted by Gasteiger charge is 2.17. The van der Waals surface area contributed by atoms with Gasteiger partial charge in [-0.05, 0) is 29.8 Å². The van der Waals surface area contributed by atoms with Gasteiger partial charge in [0.05, 0.1) is 18.5 Å². The molecule has 0 heterocycles. The van der Waals surface area contributed by atoms with E-state index < -0.39 is 15.9 Å². The molecule has 0 aliphatic rings. The van der Waals surface area contributed by atoms with Gasteiger partial charge in [0.25, 0.3) is 5.91 Å². The van der Waals surface area contributed by atoms with Crippen LogP contribution in [0.5, 0.6) is 0 Å². The number of amides is 1. The van der Waals surface area contributed by atoms with Gasteiger partial charge in [0, 0.05) is 5.56 Å². The van der Waals surface area contributed by atoms with Gasteiger partial charge in [-0.1, -0.05) is 30.3 Å². The molecule has 22 heavy (non-hydrogen) atoms. The Balaban J connectivity index is 2.27. The number of hydrogen-bond donors (Lipinski definition) is 2. The van der Waals surface area contributed by atoms with Crippen LogP contribution in [0.4, 0.5) is 5.69 Å². The molecule has 0 saturated heterocycles. The summed E-state index contributed by atoms with van der Waals surface area (Å²) in [5.41, 5.74) is 3.82. The van der Waals surface area contributed by atoms with Crippen molar-refractivity contribution in [1.82, 2.24) is 5.43 Å². The molecule has 0 aromatic heterocycles. The van der Waals surface area contributed by atoms with Gasteiger partial charge in [-0.3, -0.25) is 14.5 Å². The summed E-state index contributed by atoms with van der Waals surface area (Å²) in [6, 6.07) is 15.5. The van der Waals surface area contributed by atoms with E-state index in [4.69, 9.17) is 5.84 Å². The summed E-state index contributed by atoms with van der Waals surface area (Å²) in [4.78, 5) is 11.4. The molecule has 0 bridgehead atoms. The summed E-state index contributed by atoms with van der Waals surface area (Å²) in [5, 5.41) is 0. The lowest BCUT2D eigenvalue weighted by atomic mass is 10.1. The van der Waals surface area contributed by atoms with Crippen LogP contribution in [0.3, 0.4) is 0 Å². The molecular formula is C15H17N3O3S. The average molecular weight is 319 g/mol. The van der Waals surface area contributed by atoms with E-state index in [0.29, 0.717) is 11.3 Å². The van der Waals surface area contributed by atoms with Gasteiger partial charge in [0.2, 0.25) is 10.0 Å². The highest BCUT2D eigenvalue weighted by molar-refractivity contribution is 7.92. The zero-order valence-electron chi connectivity index (χ0n) is 12.1. The summed E-state index contributed by atoms with van der Waals surface area (Å²) in [6.45, 7) is 0.188. The molecular weight excluding hydrogens is 302 g/mol. The second-order valence-corrected chi connectivity index (χ2v) is 6.68. The molecule has 0 unspecified atom stereocenters. The molecule has 0 saturated carbocycles. The number of nitrogens with two attached hydrogens (primary N) is 1. The van der Waals surface area contributed by atoms with Crippen LogP contribution in [-0.2, 0) is 16.6 Å². The van der Waals surface area contributed by atoms with E-state index in [1.54, 1.807) is 48.5 Å². The number of nitrogen functional groups attached to an aromatic ring is 1. The molecule has 0 radical (unpaired) electrons. The van der Waals surface area contributed by atoms with E-state index in [2.05, 4.69) is 0 Å². The standard InChI is InChI=1S/C15H17N3O3S/c1-22(20,21)18(14-5-3-2-4-6-14)11-12-7-9-13(10-8-12)15(19)17-16/h2-10H,11,16H2,1H3,(H,17,19). The normalized spacial score (nSPS) is 11.0. The molecule has 0 aliphatic heterocycles. The number of carbonyl (C=O) groups excluding carboxylic acids is 1. The second kappa shape index (κ2) is 6.59. The predicted octanol–water partition coefficient (Wildman–Crippen LogP) is 1.26. The molecule has 2 rings (SSSR count). The Morgan fingerprint density at radius 1 is 1.09 bits per heavy atom. The van der Waals surface area contributed by atoms with E-state index in [-0.39, 0.29) is 6.54 Å². The Kier molecular flexibility index (Phi) is 4.79. The maximum atomic E-state index is 12.0. The number of benzene rings is 2. The minimum atomic E-state index is -3.41.